The van der Waals surface area contributed by atoms with Crippen LogP contribution in [0.3, 0.4) is 0 Å². The third kappa shape index (κ3) is 2.80. The monoisotopic (exact) mass is 153 g/mol. The molecule has 0 aromatic carbocycles. The van der Waals surface area contributed by atoms with Gasteiger partial charge in [0, 0.05) is 7.62 Å². The Morgan fingerprint density at radius 3 is 2.64 bits per heavy atom. The van der Waals surface area contributed by atoms with E-state index in [0.717, 1.165) is 0 Å². The van der Waals surface area contributed by atoms with Crippen LogP contribution < -0.4 is 5.73 Å². The minimum atomic E-state index is 0. The zero-order valence-corrected chi connectivity index (χ0v) is 6.91. The molecule has 62 valence electrons. The van der Waals surface area contributed by atoms with E-state index in [1.807, 2.05) is 13.8 Å². The van der Waals surface area contributed by atoms with Gasteiger partial charge in [-0.2, -0.15) is 0 Å². The largest absolute Gasteiger partial charge is 0.382 e. The summed E-state index contributed by atoms with van der Waals surface area (Å²) in [5.74, 6) is 0.424. The van der Waals surface area contributed by atoms with Gasteiger partial charge in [0.2, 0.25) is 0 Å². The van der Waals surface area contributed by atoms with E-state index < -0.39 is 0 Å². The Morgan fingerprint density at radius 1 is 1.64 bits per heavy atom. The normalized spacial score (nSPS) is 7.82. The predicted octanol–water partition coefficient (Wildman–Crippen LogP) is 2.27. The lowest BCUT2D eigenvalue weighted by molar-refractivity contribution is 1.32. The highest BCUT2D eigenvalue weighted by Crippen LogP contribution is 2.15. The van der Waals surface area contributed by atoms with Crippen molar-refractivity contribution >= 4 is 18.2 Å². The number of anilines is 1. The highest BCUT2D eigenvalue weighted by Gasteiger charge is 1.90. The van der Waals surface area contributed by atoms with E-state index in [1.165, 1.54) is 0 Å². The summed E-state index contributed by atoms with van der Waals surface area (Å²) in [5.41, 5.74) is 6.02. The topological polar surface area (TPSA) is 51.3 Å². The first-order chi connectivity index (χ1) is 5.34. The van der Waals surface area contributed by atoms with Crippen LogP contribution >= 0.6 is 0 Å². The number of aliphatic imine (C=N–C) groups is 1. The van der Waals surface area contributed by atoms with Crippen LogP contribution in [0.4, 0.5) is 11.5 Å². The summed E-state index contributed by atoms with van der Waals surface area (Å²) < 4.78 is 0. The van der Waals surface area contributed by atoms with Crippen molar-refractivity contribution in [3.63, 3.8) is 0 Å². The Kier molecular flexibility index (Phi) is 4.73. The van der Waals surface area contributed by atoms with Gasteiger partial charge in [0.25, 0.3) is 0 Å². The van der Waals surface area contributed by atoms with Gasteiger partial charge in [-0.3, -0.25) is 4.99 Å². The number of hydrogen-bond donors (Lipinski definition) is 1. The fourth-order valence-corrected chi connectivity index (χ4v) is 0.543. The molecule has 0 fully saturated rings. The molecule has 0 aliphatic carbocycles. The second-order valence-corrected chi connectivity index (χ2v) is 1.57. The van der Waals surface area contributed by atoms with E-state index in [9.17, 15) is 0 Å². The van der Waals surface area contributed by atoms with E-state index in [1.54, 1.807) is 18.3 Å². The van der Waals surface area contributed by atoms with Gasteiger partial charge in [-0.1, -0.05) is 13.8 Å². The van der Waals surface area contributed by atoms with Gasteiger partial charge in [0.15, 0.2) is 0 Å². The second-order valence-electron chi connectivity index (χ2n) is 1.57. The molecule has 0 saturated heterocycles. The molecule has 0 amide bonds. The summed E-state index contributed by atoms with van der Waals surface area (Å²) in [7, 11) is 0. The smallest absolute Gasteiger partial charge is 0.149 e. The van der Waals surface area contributed by atoms with Crippen molar-refractivity contribution in [2.24, 2.45) is 4.99 Å². The van der Waals surface area contributed by atoms with Crippen LogP contribution in [-0.4, -0.2) is 11.7 Å². The molecular formula is C8H15N3. The lowest BCUT2D eigenvalue weighted by Gasteiger charge is -1.93. The zero-order chi connectivity index (χ0) is 8.69. The molecule has 0 aliphatic rings. The molecule has 0 spiro atoms. The number of aromatic nitrogens is 1. The van der Waals surface area contributed by atoms with E-state index in [4.69, 9.17) is 5.73 Å². The number of pyridine rings is 1. The Labute approximate surface area is 68.5 Å². The third-order valence-corrected chi connectivity index (χ3v) is 0.987. The minimum absolute atomic E-state index is 0. The summed E-state index contributed by atoms with van der Waals surface area (Å²) in [5, 5.41) is 0. The van der Waals surface area contributed by atoms with E-state index in [-0.39, 0.29) is 1.43 Å². The van der Waals surface area contributed by atoms with Crippen LogP contribution in [-0.2, 0) is 0 Å². The van der Waals surface area contributed by atoms with Crippen LogP contribution in [0.2, 0.25) is 0 Å². The van der Waals surface area contributed by atoms with Gasteiger partial charge in [-0.15, -0.1) is 0 Å². The fourth-order valence-electron chi connectivity index (χ4n) is 0.543. The first kappa shape index (κ1) is 9.62. The number of rotatable bonds is 1. The third-order valence-electron chi connectivity index (χ3n) is 0.987. The summed E-state index contributed by atoms with van der Waals surface area (Å²) in [4.78, 5) is 7.43. The Balaban J connectivity index is 0. The summed E-state index contributed by atoms with van der Waals surface area (Å²) in [6, 6.07) is 3.52. The first-order valence-corrected chi connectivity index (χ1v) is 3.52. The lowest BCUT2D eigenvalue weighted by Crippen LogP contribution is -1.87. The number of hydrogen-bond acceptors (Lipinski definition) is 3. The van der Waals surface area contributed by atoms with Crippen molar-refractivity contribution in [3.05, 3.63) is 18.3 Å². The quantitative estimate of drug-likeness (QED) is 0.629. The van der Waals surface area contributed by atoms with Gasteiger partial charge in [0.1, 0.15) is 11.5 Å². The highest BCUT2D eigenvalue weighted by atomic mass is 14.9. The van der Waals surface area contributed by atoms with Crippen LogP contribution in [0, 0.1) is 0 Å². The lowest BCUT2D eigenvalue weighted by atomic mass is 10.4. The summed E-state index contributed by atoms with van der Waals surface area (Å²) in [6.07, 6.45) is 1.62. The maximum absolute atomic E-state index is 5.39. The molecular weight excluding hydrogens is 138 g/mol. The average Bonchev–Trinajstić information content (AvgIpc) is 2.09. The molecule has 0 aliphatic heterocycles. The van der Waals surface area contributed by atoms with Crippen LogP contribution in [0.1, 0.15) is 15.3 Å². The summed E-state index contributed by atoms with van der Waals surface area (Å²) in [6.45, 7) is 7.32. The van der Waals surface area contributed by atoms with Crippen molar-refractivity contribution < 1.29 is 1.43 Å². The van der Waals surface area contributed by atoms with E-state index in [0.29, 0.717) is 11.5 Å². The molecule has 0 unspecified atom stereocenters. The molecule has 1 heterocycles. The molecule has 3 heteroatoms. The van der Waals surface area contributed by atoms with Gasteiger partial charge < -0.3 is 5.73 Å². The Bertz CT molecular complexity index is 225. The Hall–Kier alpha value is -1.38. The minimum Gasteiger partial charge on any atom is -0.382 e. The van der Waals surface area contributed by atoms with Crippen LogP contribution in [0.25, 0.3) is 0 Å². The predicted molar refractivity (Wildman–Crippen MR) is 51.3 cm³/mol. The maximum Gasteiger partial charge on any atom is 0.149 e. The molecule has 0 radical (unpaired) electrons. The number of nitrogens with zero attached hydrogens (tertiary/aromatic N) is 2. The Morgan fingerprint density at radius 2 is 2.27 bits per heavy atom. The van der Waals surface area contributed by atoms with Gasteiger partial charge in [-0.25, -0.2) is 4.98 Å². The van der Waals surface area contributed by atoms with Crippen molar-refractivity contribution in [2.45, 2.75) is 13.8 Å². The standard InChI is InChI=1S/C6H7N3.C2H6.H2/c1-8-5-3-2-4-9-6(5)7;1-2;/h2-4H,1H2,(H2,7,9);1-2H3;1H. The SMILES string of the molecule is C=Nc1cccnc1N.CC.[HH]. The molecule has 3 nitrogen and oxygen atoms in total. The molecule has 1 aromatic rings. The van der Waals surface area contributed by atoms with Crippen molar-refractivity contribution in [1.82, 2.24) is 4.98 Å². The van der Waals surface area contributed by atoms with Gasteiger partial charge in [0.05, 0.1) is 0 Å². The molecule has 0 saturated carbocycles. The molecule has 2 N–H and O–H groups in total. The fraction of sp³-hybridized carbons (Fsp3) is 0.250. The average molecular weight is 153 g/mol. The van der Waals surface area contributed by atoms with Crippen LogP contribution in [0.15, 0.2) is 23.3 Å². The van der Waals surface area contributed by atoms with E-state index >= 15 is 0 Å². The molecule has 0 atom stereocenters. The van der Waals surface area contributed by atoms with Crippen molar-refractivity contribution in [3.8, 4) is 0 Å². The molecule has 1 aromatic heterocycles. The first-order valence-electron chi connectivity index (χ1n) is 3.52. The second kappa shape index (κ2) is 5.41. The van der Waals surface area contributed by atoms with E-state index in [2.05, 4.69) is 16.7 Å². The highest BCUT2D eigenvalue weighted by molar-refractivity contribution is 5.59. The number of nitrogens with two attached hydrogens (primary N) is 1. The van der Waals surface area contributed by atoms with Crippen molar-refractivity contribution in [1.29, 1.82) is 0 Å². The molecule has 11 heavy (non-hydrogen) atoms. The maximum atomic E-state index is 5.39. The summed E-state index contributed by atoms with van der Waals surface area (Å²) >= 11 is 0. The van der Waals surface area contributed by atoms with Gasteiger partial charge in [-0.05, 0) is 18.9 Å². The van der Waals surface area contributed by atoms with Crippen molar-refractivity contribution in [2.75, 3.05) is 5.73 Å². The molecule has 1 rings (SSSR count). The van der Waals surface area contributed by atoms with Gasteiger partial charge >= 0.3 is 0 Å². The molecule has 0 bridgehead atoms. The van der Waals surface area contributed by atoms with Crippen LogP contribution in [0.5, 0.6) is 0 Å². The zero-order valence-electron chi connectivity index (χ0n) is 6.91. The number of nitrogen functional groups attached to an aromatic ring is 1.